The quantitative estimate of drug-likeness (QED) is 0.815. The van der Waals surface area contributed by atoms with Gasteiger partial charge in [-0.1, -0.05) is 13.8 Å². The Morgan fingerprint density at radius 2 is 2.33 bits per heavy atom. The summed E-state index contributed by atoms with van der Waals surface area (Å²) in [6.45, 7) is 4.86. The number of aliphatic hydroxyl groups is 1. The van der Waals surface area contributed by atoms with Crippen LogP contribution < -0.4 is 5.32 Å². The summed E-state index contributed by atoms with van der Waals surface area (Å²) in [7, 11) is 0. The molecule has 0 bridgehead atoms. The molecule has 0 spiro atoms. The summed E-state index contributed by atoms with van der Waals surface area (Å²) in [4.78, 5) is 16.1. The molecule has 21 heavy (non-hydrogen) atoms. The Kier molecular flexibility index (Phi) is 5.16. The van der Waals surface area contributed by atoms with Crippen LogP contribution in [0.25, 0.3) is 0 Å². The van der Waals surface area contributed by atoms with E-state index in [0.29, 0.717) is 24.6 Å². The molecule has 2 N–H and O–H groups in total. The van der Waals surface area contributed by atoms with E-state index < -0.39 is 6.10 Å². The summed E-state index contributed by atoms with van der Waals surface area (Å²) in [6.07, 6.45) is 4.64. The average molecular weight is 291 g/mol. The van der Waals surface area contributed by atoms with Gasteiger partial charge in [-0.25, -0.2) is 4.98 Å². The Morgan fingerprint density at radius 3 is 3.00 bits per heavy atom. The van der Waals surface area contributed by atoms with Gasteiger partial charge in [-0.2, -0.15) is 0 Å². The van der Waals surface area contributed by atoms with E-state index in [2.05, 4.69) is 24.1 Å². The average Bonchev–Trinajstić information content (AvgIpc) is 3.12. The van der Waals surface area contributed by atoms with Crippen molar-refractivity contribution in [2.45, 2.75) is 38.8 Å². The van der Waals surface area contributed by atoms with Gasteiger partial charge in [-0.3, -0.25) is 4.79 Å². The number of hydrogen-bond donors (Lipinski definition) is 2. The first-order chi connectivity index (χ1) is 10.1. The van der Waals surface area contributed by atoms with Crippen LogP contribution in [0.2, 0.25) is 0 Å². The van der Waals surface area contributed by atoms with E-state index in [0.717, 1.165) is 5.82 Å². The third-order valence-electron chi connectivity index (χ3n) is 3.21. The molecule has 6 heteroatoms. The van der Waals surface area contributed by atoms with Crippen LogP contribution in [0.4, 0.5) is 0 Å². The standard InChI is InChI=1S/C15H21N3O3/c1-11(2)15-16-6-8-18(15)7-5-14(20)17-10-12(19)13-4-3-9-21-13/h3-4,6,8-9,11-12,19H,5,7,10H2,1-2H3,(H,17,20). The zero-order valence-corrected chi connectivity index (χ0v) is 12.3. The molecule has 0 aliphatic carbocycles. The molecule has 1 amide bonds. The predicted molar refractivity (Wildman–Crippen MR) is 77.6 cm³/mol. The Balaban J connectivity index is 1.76. The van der Waals surface area contributed by atoms with Crippen molar-refractivity contribution in [3.05, 3.63) is 42.4 Å². The summed E-state index contributed by atoms with van der Waals surface area (Å²) < 4.78 is 7.05. The van der Waals surface area contributed by atoms with Gasteiger partial charge in [0.1, 0.15) is 17.7 Å². The van der Waals surface area contributed by atoms with Gasteiger partial charge in [0.25, 0.3) is 0 Å². The summed E-state index contributed by atoms with van der Waals surface area (Å²) in [5.41, 5.74) is 0. The number of nitrogens with zero attached hydrogens (tertiary/aromatic N) is 2. The maximum atomic E-state index is 11.8. The maximum absolute atomic E-state index is 11.8. The molecular weight excluding hydrogens is 270 g/mol. The Hall–Kier alpha value is -2.08. The number of amides is 1. The molecular formula is C15H21N3O3. The molecule has 0 aromatic carbocycles. The molecule has 114 valence electrons. The number of rotatable bonds is 7. The number of furan rings is 1. The number of carbonyl (C=O) groups excluding carboxylic acids is 1. The highest BCUT2D eigenvalue weighted by molar-refractivity contribution is 5.75. The Bertz CT molecular complexity index is 560. The molecule has 2 aromatic rings. The number of aromatic nitrogens is 2. The van der Waals surface area contributed by atoms with E-state index >= 15 is 0 Å². The topological polar surface area (TPSA) is 80.3 Å². The number of imidazole rings is 1. The summed E-state index contributed by atoms with van der Waals surface area (Å²) in [5.74, 6) is 1.64. The van der Waals surface area contributed by atoms with Crippen LogP contribution in [0.15, 0.2) is 35.2 Å². The molecule has 2 rings (SSSR count). The van der Waals surface area contributed by atoms with Crippen molar-refractivity contribution in [3.8, 4) is 0 Å². The minimum absolute atomic E-state index is 0.107. The van der Waals surface area contributed by atoms with Crippen molar-refractivity contribution in [1.29, 1.82) is 0 Å². The Labute approximate surface area is 123 Å². The van der Waals surface area contributed by atoms with E-state index in [1.54, 1.807) is 18.3 Å². The van der Waals surface area contributed by atoms with Gasteiger partial charge in [0.05, 0.1) is 12.8 Å². The number of hydrogen-bond acceptors (Lipinski definition) is 4. The summed E-state index contributed by atoms with van der Waals surface area (Å²) in [6, 6.07) is 3.38. The van der Waals surface area contributed by atoms with E-state index in [4.69, 9.17) is 4.42 Å². The van der Waals surface area contributed by atoms with E-state index in [1.165, 1.54) is 6.26 Å². The van der Waals surface area contributed by atoms with Crippen molar-refractivity contribution in [2.24, 2.45) is 0 Å². The summed E-state index contributed by atoms with van der Waals surface area (Å²) in [5, 5.41) is 12.5. The smallest absolute Gasteiger partial charge is 0.221 e. The lowest BCUT2D eigenvalue weighted by Gasteiger charge is -2.12. The SMILES string of the molecule is CC(C)c1nccn1CCC(=O)NCC(O)c1ccco1. The largest absolute Gasteiger partial charge is 0.467 e. The van der Waals surface area contributed by atoms with Gasteiger partial charge < -0.3 is 19.4 Å². The molecule has 1 unspecified atom stereocenters. The molecule has 0 fully saturated rings. The lowest BCUT2D eigenvalue weighted by Crippen LogP contribution is -2.29. The molecule has 0 saturated carbocycles. The number of aryl methyl sites for hydroxylation is 1. The van der Waals surface area contributed by atoms with Gasteiger partial charge in [0.2, 0.25) is 5.91 Å². The fourth-order valence-corrected chi connectivity index (χ4v) is 2.11. The van der Waals surface area contributed by atoms with Crippen molar-refractivity contribution < 1.29 is 14.3 Å². The van der Waals surface area contributed by atoms with Gasteiger partial charge in [-0.05, 0) is 12.1 Å². The number of carbonyl (C=O) groups is 1. The van der Waals surface area contributed by atoms with E-state index in [1.807, 2.05) is 10.8 Å². The van der Waals surface area contributed by atoms with Crippen LogP contribution in [0.5, 0.6) is 0 Å². The van der Waals surface area contributed by atoms with Crippen LogP contribution in [0.1, 0.15) is 43.9 Å². The first kappa shape index (κ1) is 15.3. The third-order valence-corrected chi connectivity index (χ3v) is 3.21. The van der Waals surface area contributed by atoms with Gasteiger partial charge in [-0.15, -0.1) is 0 Å². The molecule has 6 nitrogen and oxygen atoms in total. The normalized spacial score (nSPS) is 12.6. The third kappa shape index (κ3) is 4.19. The second-order valence-corrected chi connectivity index (χ2v) is 5.22. The minimum atomic E-state index is -0.816. The van der Waals surface area contributed by atoms with Crippen LogP contribution in [0, 0.1) is 0 Å². The monoisotopic (exact) mass is 291 g/mol. The van der Waals surface area contributed by atoms with Crippen LogP contribution in [-0.2, 0) is 11.3 Å². The predicted octanol–water partition coefficient (Wildman–Crippen LogP) is 1.84. The molecule has 0 aliphatic heterocycles. The van der Waals surface area contributed by atoms with Gasteiger partial charge >= 0.3 is 0 Å². The fourth-order valence-electron chi connectivity index (χ4n) is 2.11. The second kappa shape index (κ2) is 7.08. The highest BCUT2D eigenvalue weighted by atomic mass is 16.4. The Morgan fingerprint density at radius 1 is 1.52 bits per heavy atom. The van der Waals surface area contributed by atoms with Gasteiger partial charge in [0.15, 0.2) is 0 Å². The fraction of sp³-hybridized carbons (Fsp3) is 0.467. The molecule has 0 radical (unpaired) electrons. The minimum Gasteiger partial charge on any atom is -0.467 e. The highest BCUT2D eigenvalue weighted by Gasteiger charge is 2.12. The maximum Gasteiger partial charge on any atom is 0.221 e. The van der Waals surface area contributed by atoms with Crippen molar-refractivity contribution in [3.63, 3.8) is 0 Å². The van der Waals surface area contributed by atoms with Crippen molar-refractivity contribution >= 4 is 5.91 Å². The zero-order valence-electron chi connectivity index (χ0n) is 12.3. The molecule has 2 heterocycles. The van der Waals surface area contributed by atoms with E-state index in [-0.39, 0.29) is 12.5 Å². The highest BCUT2D eigenvalue weighted by Crippen LogP contribution is 2.13. The van der Waals surface area contributed by atoms with Crippen LogP contribution >= 0.6 is 0 Å². The molecule has 0 saturated heterocycles. The lowest BCUT2D eigenvalue weighted by atomic mass is 10.2. The van der Waals surface area contributed by atoms with Crippen LogP contribution in [0.3, 0.4) is 0 Å². The molecule has 0 aliphatic rings. The van der Waals surface area contributed by atoms with Crippen LogP contribution in [-0.4, -0.2) is 27.1 Å². The lowest BCUT2D eigenvalue weighted by molar-refractivity contribution is -0.121. The number of nitrogens with one attached hydrogen (secondary N) is 1. The van der Waals surface area contributed by atoms with Crippen molar-refractivity contribution in [2.75, 3.05) is 6.54 Å². The first-order valence-corrected chi connectivity index (χ1v) is 7.07. The zero-order chi connectivity index (χ0) is 15.2. The second-order valence-electron chi connectivity index (χ2n) is 5.22. The summed E-state index contributed by atoms with van der Waals surface area (Å²) >= 11 is 0. The van der Waals surface area contributed by atoms with E-state index in [9.17, 15) is 9.90 Å². The molecule has 1 atom stereocenters. The first-order valence-electron chi connectivity index (χ1n) is 7.07. The van der Waals surface area contributed by atoms with Gasteiger partial charge in [0, 0.05) is 31.3 Å². The van der Waals surface area contributed by atoms with Crippen molar-refractivity contribution in [1.82, 2.24) is 14.9 Å². The molecule has 2 aromatic heterocycles. The number of aliphatic hydroxyl groups excluding tert-OH is 1.